The van der Waals surface area contributed by atoms with Crippen LogP contribution in [0.15, 0.2) is 12.2 Å². The summed E-state index contributed by atoms with van der Waals surface area (Å²) >= 11 is 0. The van der Waals surface area contributed by atoms with Gasteiger partial charge in [-0.2, -0.15) is 0 Å². The molecule has 59 heavy (non-hydrogen) atoms. The van der Waals surface area contributed by atoms with Gasteiger partial charge in [-0.05, 0) is 38.5 Å². The third kappa shape index (κ3) is 30.6. The quantitative estimate of drug-likeness (QED) is 0.0263. The van der Waals surface area contributed by atoms with Crippen LogP contribution in [0.3, 0.4) is 0 Å². The van der Waals surface area contributed by atoms with Gasteiger partial charge in [0.25, 0.3) is 0 Å². The highest BCUT2D eigenvalue weighted by molar-refractivity contribution is 5.73. The van der Waals surface area contributed by atoms with Crippen molar-refractivity contribution in [2.45, 2.75) is 263 Å². The van der Waals surface area contributed by atoms with Crippen LogP contribution in [0.25, 0.3) is 0 Å². The predicted molar refractivity (Wildman–Crippen MR) is 234 cm³/mol. The maximum atomic E-state index is 12.8. The second kappa shape index (κ2) is 38.8. The molecule has 6 unspecified atom stereocenters. The molecule has 0 bridgehead atoms. The van der Waals surface area contributed by atoms with Crippen molar-refractivity contribution < 1.29 is 53.8 Å². The zero-order valence-electron chi connectivity index (χ0n) is 37.5. The largest absolute Gasteiger partial charge is 0.479 e. The first-order valence-electron chi connectivity index (χ1n) is 24.2. The summed E-state index contributed by atoms with van der Waals surface area (Å²) < 4.78 is 21.8. The third-order valence-electron chi connectivity index (χ3n) is 11.4. The lowest BCUT2D eigenvalue weighted by molar-refractivity contribution is -0.298. The van der Waals surface area contributed by atoms with Crippen LogP contribution < -0.4 is 0 Å². The number of rotatable bonds is 41. The summed E-state index contributed by atoms with van der Waals surface area (Å²) in [4.78, 5) is 36.9. The van der Waals surface area contributed by atoms with E-state index in [2.05, 4.69) is 26.0 Å². The first kappa shape index (κ1) is 55.0. The second-order valence-corrected chi connectivity index (χ2v) is 17.0. The van der Waals surface area contributed by atoms with E-state index < -0.39 is 54.7 Å². The summed E-state index contributed by atoms with van der Waals surface area (Å²) in [6.07, 6.45) is 32.6. The molecular formula is C48H88O11. The number of aliphatic hydroxyl groups excluding tert-OH is 3. The Morgan fingerprint density at radius 1 is 0.508 bits per heavy atom. The van der Waals surface area contributed by atoms with Crippen LogP contribution in [0.2, 0.25) is 0 Å². The van der Waals surface area contributed by atoms with Crippen molar-refractivity contribution in [1.29, 1.82) is 0 Å². The Balaban J connectivity index is 2.32. The van der Waals surface area contributed by atoms with Crippen molar-refractivity contribution in [2.75, 3.05) is 13.2 Å². The van der Waals surface area contributed by atoms with Crippen LogP contribution in [0, 0.1) is 0 Å². The number of unbranched alkanes of at least 4 members (excludes halogenated alkanes) is 28. The van der Waals surface area contributed by atoms with Crippen LogP contribution >= 0.6 is 0 Å². The molecule has 1 saturated heterocycles. The van der Waals surface area contributed by atoms with E-state index in [4.69, 9.17) is 18.9 Å². The van der Waals surface area contributed by atoms with Crippen molar-refractivity contribution >= 4 is 17.9 Å². The fourth-order valence-electron chi connectivity index (χ4n) is 7.52. The minimum absolute atomic E-state index is 0.187. The summed E-state index contributed by atoms with van der Waals surface area (Å²) in [6.45, 7) is 3.83. The summed E-state index contributed by atoms with van der Waals surface area (Å²) in [5, 5.41) is 39.9. The van der Waals surface area contributed by atoms with Gasteiger partial charge in [0, 0.05) is 12.8 Å². The van der Waals surface area contributed by atoms with Crippen molar-refractivity contribution in [2.24, 2.45) is 0 Å². The Bertz CT molecular complexity index is 1040. The van der Waals surface area contributed by atoms with Gasteiger partial charge < -0.3 is 39.4 Å². The minimum Gasteiger partial charge on any atom is -0.479 e. The van der Waals surface area contributed by atoms with Gasteiger partial charge in [-0.15, -0.1) is 0 Å². The first-order chi connectivity index (χ1) is 28.7. The Kier molecular flexibility index (Phi) is 36.2. The van der Waals surface area contributed by atoms with Gasteiger partial charge in [-0.3, -0.25) is 9.59 Å². The molecule has 0 radical (unpaired) electrons. The van der Waals surface area contributed by atoms with E-state index >= 15 is 0 Å². The molecule has 0 saturated carbocycles. The van der Waals surface area contributed by atoms with E-state index in [1.54, 1.807) is 0 Å². The molecule has 0 aromatic carbocycles. The molecule has 0 aliphatic carbocycles. The van der Waals surface area contributed by atoms with Gasteiger partial charge in [0.1, 0.15) is 24.9 Å². The molecule has 11 heteroatoms. The molecular weight excluding hydrogens is 753 g/mol. The number of esters is 2. The molecule has 4 N–H and O–H groups in total. The number of aliphatic hydroxyl groups is 3. The van der Waals surface area contributed by atoms with E-state index in [0.29, 0.717) is 12.8 Å². The normalized spacial score (nSPS) is 19.9. The zero-order valence-corrected chi connectivity index (χ0v) is 37.5. The number of ether oxygens (including phenoxy) is 4. The van der Waals surface area contributed by atoms with Gasteiger partial charge >= 0.3 is 17.9 Å². The molecule has 1 rings (SSSR count). The van der Waals surface area contributed by atoms with Crippen LogP contribution in [0.4, 0.5) is 0 Å². The molecule has 0 amide bonds. The fraction of sp³-hybridized carbons (Fsp3) is 0.896. The Morgan fingerprint density at radius 3 is 1.32 bits per heavy atom. The lowest BCUT2D eigenvalue weighted by atomic mass is 9.99. The Hall–Kier alpha value is -2.05. The molecule has 6 atom stereocenters. The highest BCUT2D eigenvalue weighted by atomic mass is 16.7. The summed E-state index contributed by atoms with van der Waals surface area (Å²) in [5.41, 5.74) is 0. The Labute approximate surface area is 358 Å². The van der Waals surface area contributed by atoms with Crippen molar-refractivity contribution in [3.05, 3.63) is 12.2 Å². The summed E-state index contributed by atoms with van der Waals surface area (Å²) in [7, 11) is 0. The summed E-state index contributed by atoms with van der Waals surface area (Å²) in [6, 6.07) is 0. The molecule has 346 valence electrons. The lowest BCUT2D eigenvalue weighted by Crippen LogP contribution is -2.60. The first-order valence-corrected chi connectivity index (χ1v) is 24.2. The van der Waals surface area contributed by atoms with Crippen molar-refractivity contribution in [3.63, 3.8) is 0 Å². The van der Waals surface area contributed by atoms with Gasteiger partial charge in [0.2, 0.25) is 0 Å². The molecule has 1 heterocycles. The van der Waals surface area contributed by atoms with Gasteiger partial charge in [-0.25, -0.2) is 4.79 Å². The van der Waals surface area contributed by atoms with E-state index in [9.17, 15) is 34.8 Å². The lowest BCUT2D eigenvalue weighted by Gasteiger charge is -2.38. The number of aliphatic carboxylic acids is 1. The van der Waals surface area contributed by atoms with Gasteiger partial charge in [0.05, 0.1) is 6.61 Å². The second-order valence-electron chi connectivity index (χ2n) is 17.0. The van der Waals surface area contributed by atoms with E-state index in [0.717, 1.165) is 57.8 Å². The highest BCUT2D eigenvalue weighted by Crippen LogP contribution is 2.23. The average molecular weight is 841 g/mol. The minimum atomic E-state index is -1.86. The molecule has 1 aliphatic heterocycles. The molecule has 1 fully saturated rings. The van der Waals surface area contributed by atoms with Crippen molar-refractivity contribution in [1.82, 2.24) is 0 Å². The number of carbonyl (C=O) groups excluding carboxylic acids is 2. The number of carboxylic acids is 1. The van der Waals surface area contributed by atoms with Crippen LogP contribution in [-0.4, -0.2) is 88.4 Å². The number of hydrogen-bond acceptors (Lipinski definition) is 10. The molecule has 0 spiro atoms. The smallest absolute Gasteiger partial charge is 0.335 e. The van der Waals surface area contributed by atoms with E-state index in [1.165, 1.54) is 128 Å². The number of hydrogen-bond donors (Lipinski definition) is 4. The fourth-order valence-corrected chi connectivity index (χ4v) is 7.52. The maximum absolute atomic E-state index is 12.8. The van der Waals surface area contributed by atoms with Crippen LogP contribution in [-0.2, 0) is 33.3 Å². The van der Waals surface area contributed by atoms with E-state index in [-0.39, 0.29) is 26.1 Å². The number of allylic oxidation sites excluding steroid dienone is 2. The topological polar surface area (TPSA) is 169 Å². The molecule has 11 nitrogen and oxygen atoms in total. The molecule has 0 aromatic rings. The predicted octanol–water partition coefficient (Wildman–Crippen LogP) is 10.8. The third-order valence-corrected chi connectivity index (χ3v) is 11.4. The number of carbonyl (C=O) groups is 3. The highest BCUT2D eigenvalue weighted by Gasteiger charge is 2.47. The van der Waals surface area contributed by atoms with Crippen LogP contribution in [0.1, 0.15) is 226 Å². The monoisotopic (exact) mass is 841 g/mol. The zero-order chi connectivity index (χ0) is 43.2. The average Bonchev–Trinajstić information content (AvgIpc) is 3.22. The molecule has 1 aliphatic rings. The maximum Gasteiger partial charge on any atom is 0.335 e. The van der Waals surface area contributed by atoms with Crippen LogP contribution in [0.5, 0.6) is 0 Å². The summed E-state index contributed by atoms with van der Waals surface area (Å²) in [5.74, 6) is -2.44. The SMILES string of the molecule is CCCCCCCC/C=C\CCCCCCCC(=O)OCC(COC1OC(C(=O)O)C(O)C(O)C1O)OC(=O)CCCCCCCCCCCCCCCCCCCC. The van der Waals surface area contributed by atoms with Crippen molar-refractivity contribution in [3.8, 4) is 0 Å². The van der Waals surface area contributed by atoms with E-state index in [1.807, 2.05) is 0 Å². The number of carboxylic acid groups (broad SMARTS) is 1. The van der Waals surface area contributed by atoms with Gasteiger partial charge in [0.15, 0.2) is 18.5 Å². The Morgan fingerprint density at radius 2 is 0.898 bits per heavy atom. The standard InChI is InChI=1S/C48H88O11/c1-3-5-7-9-11-13-15-17-19-20-21-23-25-27-29-31-33-35-37-42(50)58-40(39-57-48-45(53)43(51)44(52)46(59-48)47(54)55)38-56-41(49)36-34-32-30-28-26-24-22-18-16-14-12-10-8-6-4-2/h18,22,40,43-46,48,51-53H,3-17,19-21,23-39H2,1-2H3,(H,54,55)/b22-18-. The molecule has 0 aromatic heterocycles. The van der Waals surface area contributed by atoms with Gasteiger partial charge in [-0.1, -0.05) is 187 Å².